The fraction of sp³-hybridized carbons (Fsp3) is 0.500. The van der Waals surface area contributed by atoms with E-state index in [0.717, 1.165) is 25.9 Å². The average Bonchev–Trinajstić information content (AvgIpc) is 2.23. The number of aromatic hydroxyl groups is 1. The van der Waals surface area contributed by atoms with Gasteiger partial charge in [-0.05, 0) is 31.5 Å². The highest BCUT2D eigenvalue weighted by molar-refractivity contribution is 5.30. The van der Waals surface area contributed by atoms with Gasteiger partial charge in [0.25, 0.3) is 5.88 Å². The predicted octanol–water partition coefficient (Wildman–Crippen LogP) is 0.918. The first-order valence-electron chi connectivity index (χ1n) is 4.87. The monoisotopic (exact) mass is 194 g/mol. The molecule has 2 heterocycles. The molecule has 14 heavy (non-hydrogen) atoms. The minimum Gasteiger partial charge on any atom is -0.503 e. The SMILES string of the molecule is Oc1cccnc1OC1CCCNC1. The van der Waals surface area contributed by atoms with Gasteiger partial charge in [-0.2, -0.15) is 0 Å². The summed E-state index contributed by atoms with van der Waals surface area (Å²) in [7, 11) is 0. The first-order chi connectivity index (χ1) is 6.86. The van der Waals surface area contributed by atoms with Crippen LogP contribution in [0, 0.1) is 0 Å². The molecule has 1 saturated heterocycles. The lowest BCUT2D eigenvalue weighted by Gasteiger charge is -2.23. The van der Waals surface area contributed by atoms with Gasteiger partial charge in [0.1, 0.15) is 6.10 Å². The van der Waals surface area contributed by atoms with Crippen LogP contribution in [0.2, 0.25) is 0 Å². The van der Waals surface area contributed by atoms with Crippen LogP contribution in [0.3, 0.4) is 0 Å². The number of ether oxygens (including phenoxy) is 1. The first-order valence-corrected chi connectivity index (χ1v) is 4.87. The van der Waals surface area contributed by atoms with E-state index in [-0.39, 0.29) is 11.9 Å². The van der Waals surface area contributed by atoms with E-state index in [0.29, 0.717) is 5.88 Å². The molecule has 0 spiro atoms. The van der Waals surface area contributed by atoms with Crippen molar-refractivity contribution in [2.45, 2.75) is 18.9 Å². The molecule has 1 aromatic rings. The Balaban J connectivity index is 1.99. The van der Waals surface area contributed by atoms with E-state index in [1.807, 2.05) is 0 Å². The van der Waals surface area contributed by atoms with E-state index in [1.165, 1.54) is 0 Å². The molecule has 1 aromatic heterocycles. The molecule has 76 valence electrons. The minimum atomic E-state index is 0.109. The summed E-state index contributed by atoms with van der Waals surface area (Å²) in [4.78, 5) is 3.97. The molecule has 0 radical (unpaired) electrons. The Morgan fingerprint density at radius 3 is 3.21 bits per heavy atom. The quantitative estimate of drug-likeness (QED) is 0.735. The molecule has 1 unspecified atom stereocenters. The number of nitrogens with one attached hydrogen (secondary N) is 1. The molecule has 0 bridgehead atoms. The van der Waals surface area contributed by atoms with Crippen LogP contribution in [-0.4, -0.2) is 29.3 Å². The Morgan fingerprint density at radius 1 is 1.57 bits per heavy atom. The van der Waals surface area contributed by atoms with Gasteiger partial charge in [0.15, 0.2) is 5.75 Å². The molecule has 2 rings (SSSR count). The second-order valence-corrected chi connectivity index (χ2v) is 3.41. The van der Waals surface area contributed by atoms with Crippen LogP contribution in [0.25, 0.3) is 0 Å². The van der Waals surface area contributed by atoms with Crippen LogP contribution in [0.15, 0.2) is 18.3 Å². The predicted molar refractivity (Wildman–Crippen MR) is 52.4 cm³/mol. The summed E-state index contributed by atoms with van der Waals surface area (Å²) in [5.41, 5.74) is 0. The van der Waals surface area contributed by atoms with Gasteiger partial charge in [0, 0.05) is 12.7 Å². The molecule has 1 atom stereocenters. The van der Waals surface area contributed by atoms with Gasteiger partial charge in [-0.15, -0.1) is 0 Å². The van der Waals surface area contributed by atoms with E-state index < -0.39 is 0 Å². The molecule has 1 fully saturated rings. The maximum Gasteiger partial charge on any atom is 0.257 e. The lowest BCUT2D eigenvalue weighted by atomic mass is 10.1. The Hall–Kier alpha value is -1.29. The summed E-state index contributed by atoms with van der Waals surface area (Å²) >= 11 is 0. The van der Waals surface area contributed by atoms with Gasteiger partial charge in [0.05, 0.1) is 0 Å². The summed E-state index contributed by atoms with van der Waals surface area (Å²) in [5, 5.41) is 12.7. The fourth-order valence-corrected chi connectivity index (χ4v) is 1.55. The largest absolute Gasteiger partial charge is 0.503 e. The van der Waals surface area contributed by atoms with Gasteiger partial charge in [-0.25, -0.2) is 4.98 Å². The molecule has 1 aliphatic rings. The lowest BCUT2D eigenvalue weighted by molar-refractivity contribution is 0.155. The van der Waals surface area contributed by atoms with Crippen molar-refractivity contribution in [3.63, 3.8) is 0 Å². The highest BCUT2D eigenvalue weighted by Crippen LogP contribution is 2.23. The number of hydrogen-bond acceptors (Lipinski definition) is 4. The third-order valence-corrected chi connectivity index (χ3v) is 2.28. The third-order valence-electron chi connectivity index (χ3n) is 2.28. The second-order valence-electron chi connectivity index (χ2n) is 3.41. The van der Waals surface area contributed by atoms with Gasteiger partial charge in [-0.1, -0.05) is 0 Å². The standard InChI is InChI=1S/C10H14N2O2/c13-9-4-2-6-12-10(9)14-8-3-1-5-11-7-8/h2,4,6,8,11,13H,1,3,5,7H2. The van der Waals surface area contributed by atoms with Crippen molar-refractivity contribution in [3.05, 3.63) is 18.3 Å². The van der Waals surface area contributed by atoms with Crippen molar-refractivity contribution in [2.75, 3.05) is 13.1 Å². The molecular weight excluding hydrogens is 180 g/mol. The van der Waals surface area contributed by atoms with Crippen molar-refractivity contribution in [2.24, 2.45) is 0 Å². The van der Waals surface area contributed by atoms with E-state index in [9.17, 15) is 5.11 Å². The summed E-state index contributed by atoms with van der Waals surface area (Å²) in [5.74, 6) is 0.444. The third kappa shape index (κ3) is 2.14. The summed E-state index contributed by atoms with van der Waals surface area (Å²) in [6, 6.07) is 3.26. The maximum absolute atomic E-state index is 9.43. The Morgan fingerprint density at radius 2 is 2.50 bits per heavy atom. The van der Waals surface area contributed by atoms with Crippen molar-refractivity contribution in [1.82, 2.24) is 10.3 Å². The summed E-state index contributed by atoms with van der Waals surface area (Å²) < 4.78 is 5.56. The lowest BCUT2D eigenvalue weighted by Crippen LogP contribution is -2.37. The molecule has 0 aliphatic carbocycles. The van der Waals surface area contributed by atoms with Crippen LogP contribution in [0.4, 0.5) is 0 Å². The fourth-order valence-electron chi connectivity index (χ4n) is 1.55. The highest BCUT2D eigenvalue weighted by atomic mass is 16.5. The highest BCUT2D eigenvalue weighted by Gasteiger charge is 2.16. The normalized spacial score (nSPS) is 21.9. The molecule has 0 saturated carbocycles. The van der Waals surface area contributed by atoms with Crippen molar-refractivity contribution in [3.8, 4) is 11.6 Å². The van der Waals surface area contributed by atoms with Crippen molar-refractivity contribution in [1.29, 1.82) is 0 Å². The average molecular weight is 194 g/mol. The van der Waals surface area contributed by atoms with Crippen molar-refractivity contribution >= 4 is 0 Å². The number of hydrogen-bond donors (Lipinski definition) is 2. The maximum atomic E-state index is 9.43. The number of nitrogens with zero attached hydrogens (tertiary/aromatic N) is 1. The summed E-state index contributed by atoms with van der Waals surface area (Å²) in [6.45, 7) is 1.88. The Kier molecular flexibility index (Phi) is 2.84. The zero-order valence-electron chi connectivity index (χ0n) is 7.94. The number of rotatable bonds is 2. The Labute approximate surface area is 82.9 Å². The Bertz CT molecular complexity index is 298. The van der Waals surface area contributed by atoms with E-state index in [2.05, 4.69) is 10.3 Å². The molecule has 4 nitrogen and oxygen atoms in total. The topological polar surface area (TPSA) is 54.4 Å². The first kappa shape index (κ1) is 9.27. The zero-order chi connectivity index (χ0) is 9.80. The van der Waals surface area contributed by atoms with Gasteiger partial charge in [-0.3, -0.25) is 0 Å². The van der Waals surface area contributed by atoms with Crippen LogP contribution in [-0.2, 0) is 0 Å². The van der Waals surface area contributed by atoms with Crippen LogP contribution in [0.1, 0.15) is 12.8 Å². The number of piperidine rings is 1. The molecule has 0 aromatic carbocycles. The van der Waals surface area contributed by atoms with Crippen molar-refractivity contribution < 1.29 is 9.84 Å². The molecule has 1 aliphatic heterocycles. The van der Waals surface area contributed by atoms with Gasteiger partial charge < -0.3 is 15.2 Å². The molecule has 0 amide bonds. The van der Waals surface area contributed by atoms with Crippen LogP contribution < -0.4 is 10.1 Å². The number of aromatic nitrogens is 1. The molecule has 4 heteroatoms. The van der Waals surface area contributed by atoms with Crippen LogP contribution >= 0.6 is 0 Å². The van der Waals surface area contributed by atoms with Crippen LogP contribution in [0.5, 0.6) is 11.6 Å². The zero-order valence-corrected chi connectivity index (χ0v) is 7.94. The molecular formula is C10H14N2O2. The summed E-state index contributed by atoms with van der Waals surface area (Å²) in [6.07, 6.45) is 3.87. The van der Waals surface area contributed by atoms with Gasteiger partial charge in [0.2, 0.25) is 0 Å². The van der Waals surface area contributed by atoms with E-state index in [1.54, 1.807) is 18.3 Å². The van der Waals surface area contributed by atoms with E-state index in [4.69, 9.17) is 4.74 Å². The minimum absolute atomic E-state index is 0.109. The second kappa shape index (κ2) is 4.28. The molecule has 2 N–H and O–H groups in total. The number of pyridine rings is 1. The van der Waals surface area contributed by atoms with E-state index >= 15 is 0 Å². The smallest absolute Gasteiger partial charge is 0.257 e. The van der Waals surface area contributed by atoms with Gasteiger partial charge >= 0.3 is 0 Å².